The molecule has 168 valence electrons. The lowest BCUT2D eigenvalue weighted by atomic mass is 10.2. The van der Waals surface area contributed by atoms with Gasteiger partial charge in [-0.25, -0.2) is 0 Å². The highest BCUT2D eigenvalue weighted by Gasteiger charge is 2.29. The number of nitrogens with one attached hydrogen (secondary N) is 1. The minimum Gasteiger partial charge on any atom is -0.492 e. The van der Waals surface area contributed by atoms with E-state index in [1.807, 2.05) is 13.8 Å². The molecule has 10 heteroatoms. The van der Waals surface area contributed by atoms with E-state index in [0.717, 1.165) is 12.8 Å². The molecule has 0 unspecified atom stereocenters. The molecule has 0 saturated heterocycles. The molecule has 2 amide bonds. The number of methoxy groups -OCH3 is 1. The second-order valence-electron chi connectivity index (χ2n) is 8.18. The van der Waals surface area contributed by atoms with Crippen molar-refractivity contribution in [2.45, 2.75) is 39.3 Å². The van der Waals surface area contributed by atoms with Gasteiger partial charge in [0.1, 0.15) is 5.65 Å². The number of hydrogen-bond acceptors (Lipinski definition) is 6. The number of aromatic hydroxyl groups is 1. The first-order valence-corrected chi connectivity index (χ1v) is 10.3. The SMILES string of the molecule is COCCN(C)C(=O)C=Cc1cnn2c(O)c(C(=O)NC3CC3)c(=O)n(CC(C)C)c12. The van der Waals surface area contributed by atoms with Crippen LogP contribution in [0.3, 0.4) is 0 Å². The molecule has 1 aliphatic rings. The molecule has 1 saturated carbocycles. The number of fused-ring (bicyclic) bond motifs is 1. The van der Waals surface area contributed by atoms with Gasteiger partial charge in [-0.1, -0.05) is 13.8 Å². The number of carbonyl (C=O) groups excluding carboxylic acids is 2. The zero-order valence-electron chi connectivity index (χ0n) is 18.3. The maximum Gasteiger partial charge on any atom is 0.270 e. The third-order valence-corrected chi connectivity index (χ3v) is 5.01. The van der Waals surface area contributed by atoms with E-state index in [2.05, 4.69) is 10.4 Å². The molecule has 2 aromatic rings. The second-order valence-corrected chi connectivity index (χ2v) is 8.18. The number of nitrogens with zero attached hydrogens (tertiary/aromatic N) is 4. The summed E-state index contributed by atoms with van der Waals surface area (Å²) in [7, 11) is 3.22. The fraction of sp³-hybridized carbons (Fsp3) is 0.524. The quantitative estimate of drug-likeness (QED) is 0.569. The minimum atomic E-state index is -0.605. The number of aromatic nitrogens is 3. The standard InChI is InChI=1S/C21H29N5O5/c1-13(2)12-25-19-14(5-8-16(27)24(3)9-10-31-4)11-22-26(19)21(30)17(20(25)29)18(28)23-15-6-7-15/h5,8,11,13,15,30H,6-7,9-10,12H2,1-4H3,(H,23,28). The Morgan fingerprint density at radius 1 is 1.42 bits per heavy atom. The molecule has 1 aliphatic carbocycles. The van der Waals surface area contributed by atoms with Gasteiger partial charge in [-0.2, -0.15) is 9.61 Å². The number of amides is 2. The van der Waals surface area contributed by atoms with Crippen LogP contribution in [0.1, 0.15) is 42.6 Å². The van der Waals surface area contributed by atoms with Gasteiger partial charge in [0.05, 0.1) is 12.8 Å². The van der Waals surface area contributed by atoms with E-state index >= 15 is 0 Å². The Morgan fingerprint density at radius 2 is 2.13 bits per heavy atom. The third-order valence-electron chi connectivity index (χ3n) is 5.01. The van der Waals surface area contributed by atoms with Crippen LogP contribution in [0.15, 0.2) is 17.1 Å². The zero-order valence-corrected chi connectivity index (χ0v) is 18.3. The van der Waals surface area contributed by atoms with Crippen LogP contribution in [0.25, 0.3) is 11.7 Å². The molecule has 0 atom stereocenters. The first kappa shape index (κ1) is 22.5. The average molecular weight is 431 g/mol. The molecular formula is C21H29N5O5. The van der Waals surface area contributed by atoms with Crippen LogP contribution in [0.4, 0.5) is 0 Å². The molecule has 2 heterocycles. The van der Waals surface area contributed by atoms with E-state index in [1.54, 1.807) is 20.2 Å². The van der Waals surface area contributed by atoms with Crippen molar-refractivity contribution in [2.24, 2.45) is 5.92 Å². The van der Waals surface area contributed by atoms with Gasteiger partial charge in [0, 0.05) is 44.9 Å². The van der Waals surface area contributed by atoms with Crippen molar-refractivity contribution in [1.29, 1.82) is 0 Å². The molecule has 3 rings (SSSR count). The van der Waals surface area contributed by atoms with Gasteiger partial charge in [-0.3, -0.25) is 19.0 Å². The van der Waals surface area contributed by atoms with Crippen LogP contribution in [0, 0.1) is 5.92 Å². The van der Waals surface area contributed by atoms with Crippen LogP contribution >= 0.6 is 0 Å². The summed E-state index contributed by atoms with van der Waals surface area (Å²) < 4.78 is 7.58. The van der Waals surface area contributed by atoms with E-state index in [0.29, 0.717) is 30.9 Å². The number of ether oxygens (including phenoxy) is 1. The fourth-order valence-electron chi connectivity index (χ4n) is 3.18. The summed E-state index contributed by atoms with van der Waals surface area (Å²) >= 11 is 0. The highest BCUT2D eigenvalue weighted by atomic mass is 16.5. The van der Waals surface area contributed by atoms with Crippen molar-refractivity contribution in [3.8, 4) is 5.88 Å². The first-order valence-electron chi connectivity index (χ1n) is 10.3. The van der Waals surface area contributed by atoms with E-state index in [1.165, 1.54) is 26.3 Å². The Labute approximate surface area is 180 Å². The van der Waals surface area contributed by atoms with Gasteiger partial charge in [0.25, 0.3) is 11.5 Å². The molecule has 0 bridgehead atoms. The second kappa shape index (κ2) is 9.34. The van der Waals surface area contributed by atoms with Crippen LogP contribution in [0.2, 0.25) is 0 Å². The van der Waals surface area contributed by atoms with Gasteiger partial charge in [0.15, 0.2) is 5.56 Å². The monoisotopic (exact) mass is 431 g/mol. The number of likely N-dealkylation sites (N-methyl/N-ethyl adjacent to an activating group) is 1. The fourth-order valence-corrected chi connectivity index (χ4v) is 3.18. The smallest absolute Gasteiger partial charge is 0.270 e. The normalized spacial score (nSPS) is 14.0. The molecule has 1 fully saturated rings. The summed E-state index contributed by atoms with van der Waals surface area (Å²) in [5, 5.41) is 17.6. The van der Waals surface area contributed by atoms with Crippen LogP contribution in [-0.2, 0) is 16.1 Å². The predicted molar refractivity (Wildman–Crippen MR) is 115 cm³/mol. The van der Waals surface area contributed by atoms with E-state index in [4.69, 9.17) is 4.74 Å². The van der Waals surface area contributed by atoms with Crippen LogP contribution < -0.4 is 10.9 Å². The van der Waals surface area contributed by atoms with Gasteiger partial charge in [-0.15, -0.1) is 0 Å². The number of rotatable bonds is 9. The van der Waals surface area contributed by atoms with Crippen molar-refractivity contribution in [2.75, 3.05) is 27.3 Å². The molecule has 31 heavy (non-hydrogen) atoms. The van der Waals surface area contributed by atoms with Gasteiger partial charge < -0.3 is 20.1 Å². The van der Waals surface area contributed by atoms with Gasteiger partial charge in [-0.05, 0) is 24.8 Å². The molecular weight excluding hydrogens is 402 g/mol. The highest BCUT2D eigenvalue weighted by Crippen LogP contribution is 2.23. The molecule has 10 nitrogen and oxygen atoms in total. The lowest BCUT2D eigenvalue weighted by Gasteiger charge is -2.15. The lowest BCUT2D eigenvalue weighted by molar-refractivity contribution is -0.125. The molecule has 0 radical (unpaired) electrons. The molecule has 2 N–H and O–H groups in total. The maximum absolute atomic E-state index is 13.2. The zero-order chi connectivity index (χ0) is 22.7. The molecule has 2 aromatic heterocycles. The topological polar surface area (TPSA) is 118 Å². The van der Waals surface area contributed by atoms with Crippen molar-refractivity contribution >= 4 is 23.5 Å². The Balaban J connectivity index is 2.04. The maximum atomic E-state index is 13.2. The number of carbonyl (C=O) groups is 2. The minimum absolute atomic E-state index is 0.0396. The Hall–Kier alpha value is -3.14. The van der Waals surface area contributed by atoms with E-state index in [-0.39, 0.29) is 23.4 Å². The van der Waals surface area contributed by atoms with Crippen molar-refractivity contribution in [1.82, 2.24) is 24.4 Å². The largest absolute Gasteiger partial charge is 0.492 e. The lowest BCUT2D eigenvalue weighted by Crippen LogP contribution is -2.36. The molecule has 0 aromatic carbocycles. The Morgan fingerprint density at radius 3 is 2.74 bits per heavy atom. The Kier molecular flexibility index (Phi) is 6.79. The van der Waals surface area contributed by atoms with Gasteiger partial charge in [0.2, 0.25) is 11.8 Å². The third kappa shape index (κ3) is 4.96. The summed E-state index contributed by atoms with van der Waals surface area (Å²) in [6.45, 7) is 5.06. The van der Waals surface area contributed by atoms with Crippen LogP contribution in [0.5, 0.6) is 5.88 Å². The molecule has 0 aliphatic heterocycles. The van der Waals surface area contributed by atoms with E-state index < -0.39 is 17.3 Å². The van der Waals surface area contributed by atoms with Crippen LogP contribution in [-0.4, -0.2) is 69.4 Å². The first-order chi connectivity index (χ1) is 14.7. The summed E-state index contributed by atoms with van der Waals surface area (Å²) in [6.07, 6.45) is 6.10. The predicted octanol–water partition coefficient (Wildman–Crippen LogP) is 0.868. The number of hydrogen-bond donors (Lipinski definition) is 2. The van der Waals surface area contributed by atoms with Crippen molar-refractivity contribution in [3.63, 3.8) is 0 Å². The summed E-state index contributed by atoms with van der Waals surface area (Å²) in [6, 6.07) is 0.0396. The average Bonchev–Trinajstić information content (AvgIpc) is 3.42. The summed E-state index contributed by atoms with van der Waals surface area (Å²) in [5.41, 5.74) is -0.108. The highest BCUT2D eigenvalue weighted by molar-refractivity contribution is 5.97. The Bertz CT molecular complexity index is 1060. The van der Waals surface area contributed by atoms with Gasteiger partial charge >= 0.3 is 0 Å². The summed E-state index contributed by atoms with van der Waals surface area (Å²) in [4.78, 5) is 39.6. The van der Waals surface area contributed by atoms with E-state index in [9.17, 15) is 19.5 Å². The summed E-state index contributed by atoms with van der Waals surface area (Å²) in [5.74, 6) is -1.26. The molecule has 0 spiro atoms. The van der Waals surface area contributed by atoms with Crippen molar-refractivity contribution in [3.05, 3.63) is 33.8 Å². The van der Waals surface area contributed by atoms with Crippen molar-refractivity contribution < 1.29 is 19.4 Å².